The maximum atomic E-state index is 11.6. The van der Waals surface area contributed by atoms with Gasteiger partial charge in [0.05, 0.1) is 6.04 Å². The smallest absolute Gasteiger partial charge is 0.429 e. The lowest BCUT2D eigenvalue weighted by molar-refractivity contribution is -0.322. The second-order valence-corrected chi connectivity index (χ2v) is 3.20. The van der Waals surface area contributed by atoms with Gasteiger partial charge in [-0.05, 0) is 13.0 Å². The van der Waals surface area contributed by atoms with Gasteiger partial charge in [-0.1, -0.05) is 6.08 Å². The predicted molar refractivity (Wildman–Crippen MR) is 71.4 cm³/mol. The monoisotopic (exact) mass is 293 g/mol. The molecule has 5 nitrogen and oxygen atoms in total. The minimum absolute atomic E-state index is 0.0160. The number of rotatable bonds is 3. The molecule has 0 aromatic carbocycles. The Morgan fingerprint density at radius 3 is 2.40 bits per heavy atom. The van der Waals surface area contributed by atoms with E-state index in [9.17, 15) is 13.2 Å². The van der Waals surface area contributed by atoms with Crippen molar-refractivity contribution < 1.29 is 22.6 Å². The molecule has 0 aromatic rings. The number of amidine groups is 1. The average molecular weight is 293 g/mol. The number of nitrogens with two attached hydrogens (primary N) is 2. The van der Waals surface area contributed by atoms with Crippen molar-refractivity contribution in [1.82, 2.24) is 0 Å². The van der Waals surface area contributed by atoms with E-state index >= 15 is 0 Å². The highest BCUT2D eigenvalue weighted by Crippen LogP contribution is 2.19. The number of terminal acetylenes is 1. The van der Waals surface area contributed by atoms with Crippen molar-refractivity contribution in [3.8, 4) is 12.8 Å². The molecule has 0 spiro atoms. The first kappa shape index (κ1) is 20.3. The third kappa shape index (κ3) is 12.5. The molecular weight excluding hydrogens is 275 g/mol. The number of ether oxygens (including phenoxy) is 2. The Kier molecular flexibility index (Phi) is 11.1. The molecular formula is C12H18F3N3O2. The van der Waals surface area contributed by atoms with Crippen molar-refractivity contribution in [2.45, 2.75) is 19.3 Å². The quantitative estimate of drug-likeness (QED) is 0.610. The molecule has 0 saturated heterocycles. The number of hydrogen-bond acceptors (Lipinski definition) is 5. The van der Waals surface area contributed by atoms with Gasteiger partial charge in [0.15, 0.2) is 0 Å². The van der Waals surface area contributed by atoms with Crippen LogP contribution >= 0.6 is 0 Å². The van der Waals surface area contributed by atoms with E-state index in [1.807, 2.05) is 0 Å². The molecule has 1 atom stereocenters. The molecule has 1 aliphatic heterocycles. The molecule has 20 heavy (non-hydrogen) atoms. The Hall–Kier alpha value is -1.98. The van der Waals surface area contributed by atoms with Gasteiger partial charge in [-0.3, -0.25) is 4.74 Å². The van der Waals surface area contributed by atoms with Crippen molar-refractivity contribution in [3.63, 3.8) is 0 Å². The topological polar surface area (TPSA) is 82.9 Å². The zero-order chi connectivity index (χ0) is 16.2. The summed E-state index contributed by atoms with van der Waals surface area (Å²) in [4.78, 5) is 3.74. The van der Waals surface area contributed by atoms with Crippen molar-refractivity contribution in [3.05, 3.63) is 24.5 Å². The summed E-state index contributed by atoms with van der Waals surface area (Å²) in [5.41, 5.74) is 10.1. The summed E-state index contributed by atoms with van der Waals surface area (Å²) in [7, 11) is 0. The van der Waals surface area contributed by atoms with Crippen LogP contribution in [0.3, 0.4) is 0 Å². The molecule has 114 valence electrons. The van der Waals surface area contributed by atoms with Crippen LogP contribution in [0.1, 0.15) is 6.92 Å². The van der Waals surface area contributed by atoms with E-state index in [0.717, 1.165) is 0 Å². The molecule has 0 aliphatic carbocycles. The molecule has 0 saturated carbocycles. The normalized spacial score (nSPS) is 17.1. The van der Waals surface area contributed by atoms with Gasteiger partial charge < -0.3 is 16.2 Å². The molecule has 0 aromatic heterocycles. The van der Waals surface area contributed by atoms with Gasteiger partial charge in [-0.2, -0.15) is 0 Å². The lowest BCUT2D eigenvalue weighted by Gasteiger charge is -2.16. The summed E-state index contributed by atoms with van der Waals surface area (Å²) >= 11 is 0. The minimum Gasteiger partial charge on any atom is -0.429 e. The SMILES string of the molecule is C#C.C=CCN.C[C@H]1C=C(COC(F)(F)F)OC(N)=N1. The number of hydrogen-bond donors (Lipinski definition) is 2. The van der Waals surface area contributed by atoms with Gasteiger partial charge in [0, 0.05) is 6.54 Å². The lowest BCUT2D eigenvalue weighted by Crippen LogP contribution is -2.26. The molecule has 4 N–H and O–H groups in total. The van der Waals surface area contributed by atoms with Gasteiger partial charge in [0.2, 0.25) is 0 Å². The molecule has 0 radical (unpaired) electrons. The fourth-order valence-corrected chi connectivity index (χ4v) is 0.932. The number of halogens is 3. The van der Waals surface area contributed by atoms with E-state index in [-0.39, 0.29) is 17.8 Å². The summed E-state index contributed by atoms with van der Waals surface area (Å²) in [5, 5.41) is 0. The summed E-state index contributed by atoms with van der Waals surface area (Å²) in [6, 6.07) is -0.448. The second kappa shape index (κ2) is 10.9. The van der Waals surface area contributed by atoms with E-state index in [4.69, 9.17) is 16.2 Å². The van der Waals surface area contributed by atoms with Crippen LogP contribution in [-0.2, 0) is 9.47 Å². The Bertz CT molecular complexity index is 363. The van der Waals surface area contributed by atoms with Crippen molar-refractivity contribution >= 4 is 6.02 Å². The highest BCUT2D eigenvalue weighted by atomic mass is 19.4. The van der Waals surface area contributed by atoms with Crippen LogP contribution in [0.4, 0.5) is 13.2 Å². The summed E-state index contributed by atoms with van der Waals surface area (Å²) in [6.45, 7) is 4.92. The van der Waals surface area contributed by atoms with Gasteiger partial charge >= 0.3 is 6.36 Å². The fourth-order valence-electron chi connectivity index (χ4n) is 0.932. The van der Waals surface area contributed by atoms with Crippen LogP contribution in [0.25, 0.3) is 0 Å². The first-order valence-electron chi connectivity index (χ1n) is 5.35. The van der Waals surface area contributed by atoms with E-state index in [2.05, 4.69) is 29.2 Å². The summed E-state index contributed by atoms with van der Waals surface area (Å²) in [5.74, 6) is 0.0160. The Morgan fingerprint density at radius 1 is 1.55 bits per heavy atom. The molecule has 1 aliphatic rings. The first-order chi connectivity index (χ1) is 9.28. The largest absolute Gasteiger partial charge is 0.522 e. The molecule has 0 bridgehead atoms. The number of alkyl halides is 3. The first-order valence-corrected chi connectivity index (χ1v) is 5.35. The van der Waals surface area contributed by atoms with Crippen LogP contribution < -0.4 is 11.5 Å². The van der Waals surface area contributed by atoms with Gasteiger partial charge in [0.25, 0.3) is 6.02 Å². The van der Waals surface area contributed by atoms with Gasteiger partial charge in [0.1, 0.15) is 12.4 Å². The van der Waals surface area contributed by atoms with Crippen LogP contribution in [0.15, 0.2) is 29.5 Å². The molecule has 1 rings (SSSR count). The Labute approximate surface area is 116 Å². The zero-order valence-corrected chi connectivity index (χ0v) is 11.1. The average Bonchev–Trinajstić information content (AvgIpc) is 2.37. The summed E-state index contributed by atoms with van der Waals surface area (Å²) < 4.78 is 43.2. The third-order valence-electron chi connectivity index (χ3n) is 1.54. The maximum absolute atomic E-state index is 11.6. The van der Waals surface area contributed by atoms with Crippen LogP contribution in [0, 0.1) is 12.8 Å². The van der Waals surface area contributed by atoms with Crippen LogP contribution in [0.5, 0.6) is 0 Å². The highest BCUT2D eigenvalue weighted by molar-refractivity contribution is 5.73. The standard InChI is InChI=1S/C7H9F3N2O2.C3H7N.C2H2/c1-4-2-5(14-6(11)12-4)3-13-7(8,9)10;1-2-3-4;1-2/h2,4H,3H2,1H3,(H2,11,12);2H,1,3-4H2;1-2H/t4-;;/m0../s1. The molecule has 1 heterocycles. The van der Waals surface area contributed by atoms with Gasteiger partial charge in [-0.15, -0.1) is 32.6 Å². The van der Waals surface area contributed by atoms with E-state index in [1.165, 1.54) is 6.08 Å². The van der Waals surface area contributed by atoms with Crippen LogP contribution in [0.2, 0.25) is 0 Å². The fraction of sp³-hybridized carbons (Fsp3) is 0.417. The summed E-state index contributed by atoms with van der Waals surface area (Å²) in [6.07, 6.45) is 6.39. The second-order valence-electron chi connectivity index (χ2n) is 3.20. The predicted octanol–water partition coefficient (Wildman–Crippen LogP) is 1.52. The highest BCUT2D eigenvalue weighted by Gasteiger charge is 2.30. The van der Waals surface area contributed by atoms with Crippen LogP contribution in [-0.4, -0.2) is 31.6 Å². The maximum Gasteiger partial charge on any atom is 0.522 e. The van der Waals surface area contributed by atoms with Crippen molar-refractivity contribution in [2.24, 2.45) is 16.5 Å². The third-order valence-corrected chi connectivity index (χ3v) is 1.54. The van der Waals surface area contributed by atoms with Crippen molar-refractivity contribution in [2.75, 3.05) is 13.2 Å². The minimum atomic E-state index is -4.67. The van der Waals surface area contributed by atoms with E-state index < -0.39 is 13.0 Å². The molecule has 0 fully saturated rings. The van der Waals surface area contributed by atoms with Gasteiger partial charge in [-0.25, -0.2) is 4.99 Å². The number of aliphatic imine (C=N–C) groups is 1. The molecule has 0 amide bonds. The van der Waals surface area contributed by atoms with Crippen molar-refractivity contribution in [1.29, 1.82) is 0 Å². The molecule has 0 unspecified atom stereocenters. The number of nitrogens with zero attached hydrogens (tertiary/aromatic N) is 1. The Balaban J connectivity index is 0. The molecule has 8 heteroatoms. The zero-order valence-electron chi connectivity index (χ0n) is 11.1. The van der Waals surface area contributed by atoms with E-state index in [0.29, 0.717) is 6.54 Å². The van der Waals surface area contributed by atoms with E-state index in [1.54, 1.807) is 13.0 Å². The lowest BCUT2D eigenvalue weighted by atomic mass is 10.3. The Morgan fingerprint density at radius 2 is 2.05 bits per heavy atom.